The molecule has 1 N–H and O–H groups in total. The second-order valence-corrected chi connectivity index (χ2v) is 7.97. The summed E-state index contributed by atoms with van der Waals surface area (Å²) in [5.41, 5.74) is 2.67. The Morgan fingerprint density at radius 1 is 1.16 bits per heavy atom. The van der Waals surface area contributed by atoms with Crippen molar-refractivity contribution in [2.24, 2.45) is 0 Å². The van der Waals surface area contributed by atoms with E-state index in [4.69, 9.17) is 0 Å². The monoisotopic (exact) mass is 337 g/mol. The fraction of sp³-hybridized carbons (Fsp3) is 0.375. The molecule has 0 aliphatic rings. The van der Waals surface area contributed by atoms with Gasteiger partial charge in [0.15, 0.2) is 0 Å². The zero-order valence-electron chi connectivity index (χ0n) is 11.9. The van der Waals surface area contributed by atoms with Crippen molar-refractivity contribution in [2.75, 3.05) is 5.32 Å². The Balaban J connectivity index is 2.04. The van der Waals surface area contributed by atoms with Crippen LogP contribution in [0.3, 0.4) is 0 Å². The number of rotatable bonds is 3. The van der Waals surface area contributed by atoms with Gasteiger partial charge in [-0.15, -0.1) is 11.3 Å². The van der Waals surface area contributed by atoms with E-state index < -0.39 is 0 Å². The Morgan fingerprint density at radius 2 is 1.89 bits per heavy atom. The number of aryl methyl sites for hydroxylation is 1. The largest absolute Gasteiger partial charge is 0.380 e. The first-order valence-electron chi connectivity index (χ1n) is 6.45. The molecule has 1 aromatic carbocycles. The highest BCUT2D eigenvalue weighted by atomic mass is 79.9. The van der Waals surface area contributed by atoms with Gasteiger partial charge in [-0.1, -0.05) is 36.7 Å². The van der Waals surface area contributed by atoms with Crippen molar-refractivity contribution in [3.8, 4) is 0 Å². The first-order chi connectivity index (χ1) is 8.84. The maximum Gasteiger partial charge on any atom is 0.0494 e. The number of hydrogen-bond donors (Lipinski definition) is 1. The van der Waals surface area contributed by atoms with Gasteiger partial charge in [-0.05, 0) is 48.2 Å². The summed E-state index contributed by atoms with van der Waals surface area (Å²) in [6, 6.07) is 10.9. The highest BCUT2D eigenvalue weighted by Crippen LogP contribution is 2.30. The molecule has 0 unspecified atom stereocenters. The maximum absolute atomic E-state index is 3.53. The van der Waals surface area contributed by atoms with E-state index in [0.29, 0.717) is 0 Å². The van der Waals surface area contributed by atoms with E-state index in [0.717, 1.165) is 16.7 Å². The fourth-order valence-corrected chi connectivity index (χ4v) is 3.52. The SMILES string of the molecule is Cc1cc(Br)cc(NCc2ccc(C(C)(C)C)s2)c1. The second-order valence-electron chi connectivity index (χ2n) is 5.89. The average molecular weight is 338 g/mol. The first-order valence-corrected chi connectivity index (χ1v) is 8.06. The molecule has 19 heavy (non-hydrogen) atoms. The van der Waals surface area contributed by atoms with E-state index in [1.165, 1.54) is 15.3 Å². The first kappa shape index (κ1) is 14.6. The minimum Gasteiger partial charge on any atom is -0.380 e. The van der Waals surface area contributed by atoms with E-state index in [9.17, 15) is 0 Å². The molecule has 1 aromatic heterocycles. The molecule has 0 atom stereocenters. The molecule has 0 saturated heterocycles. The Bertz CT molecular complexity index is 546. The lowest BCUT2D eigenvalue weighted by molar-refractivity contribution is 0.604. The number of benzene rings is 1. The van der Waals surface area contributed by atoms with Crippen LogP contribution < -0.4 is 5.32 Å². The summed E-state index contributed by atoms with van der Waals surface area (Å²) in [6.07, 6.45) is 0. The quantitative estimate of drug-likeness (QED) is 0.754. The van der Waals surface area contributed by atoms with Gasteiger partial charge in [0, 0.05) is 26.5 Å². The standard InChI is InChI=1S/C16H20BrNS/c1-11-7-12(17)9-13(8-11)18-10-14-5-6-15(19-14)16(2,3)4/h5-9,18H,10H2,1-4H3. The lowest BCUT2D eigenvalue weighted by Gasteiger charge is -2.15. The summed E-state index contributed by atoms with van der Waals surface area (Å²) < 4.78 is 1.12. The van der Waals surface area contributed by atoms with Crippen LogP contribution in [0.5, 0.6) is 0 Å². The molecule has 1 nitrogen and oxygen atoms in total. The highest BCUT2D eigenvalue weighted by molar-refractivity contribution is 9.10. The van der Waals surface area contributed by atoms with Crippen molar-refractivity contribution in [3.05, 3.63) is 50.1 Å². The molecule has 0 fully saturated rings. The van der Waals surface area contributed by atoms with E-state index in [2.05, 4.69) is 79.3 Å². The molecular formula is C16H20BrNS. The Hall–Kier alpha value is -0.800. The predicted octanol–water partition coefficient (Wildman–Crippen LogP) is 5.73. The zero-order valence-corrected chi connectivity index (χ0v) is 14.3. The molecule has 2 rings (SSSR count). The van der Waals surface area contributed by atoms with Crippen LogP contribution in [-0.4, -0.2) is 0 Å². The average Bonchev–Trinajstić information content (AvgIpc) is 2.73. The molecule has 0 spiro atoms. The van der Waals surface area contributed by atoms with Gasteiger partial charge >= 0.3 is 0 Å². The number of halogens is 1. The summed E-state index contributed by atoms with van der Waals surface area (Å²) in [7, 11) is 0. The van der Waals surface area contributed by atoms with Gasteiger partial charge in [0.25, 0.3) is 0 Å². The number of anilines is 1. The summed E-state index contributed by atoms with van der Waals surface area (Å²) in [4.78, 5) is 2.82. The molecule has 0 amide bonds. The third kappa shape index (κ3) is 4.08. The van der Waals surface area contributed by atoms with Gasteiger partial charge < -0.3 is 5.32 Å². The molecule has 2 aromatic rings. The van der Waals surface area contributed by atoms with Crippen molar-refractivity contribution in [3.63, 3.8) is 0 Å². The van der Waals surface area contributed by atoms with Gasteiger partial charge in [-0.3, -0.25) is 0 Å². The molecule has 0 aliphatic heterocycles. The predicted molar refractivity (Wildman–Crippen MR) is 89.2 cm³/mol. The van der Waals surface area contributed by atoms with Gasteiger partial charge in [-0.2, -0.15) is 0 Å². The van der Waals surface area contributed by atoms with E-state index in [1.807, 2.05) is 11.3 Å². The Morgan fingerprint density at radius 3 is 2.47 bits per heavy atom. The molecule has 102 valence electrons. The number of nitrogens with one attached hydrogen (secondary N) is 1. The molecule has 0 aliphatic carbocycles. The van der Waals surface area contributed by atoms with Crippen LogP contribution >= 0.6 is 27.3 Å². The van der Waals surface area contributed by atoms with Crippen molar-refractivity contribution in [2.45, 2.75) is 39.7 Å². The summed E-state index contributed by atoms with van der Waals surface area (Å²) in [5.74, 6) is 0. The van der Waals surface area contributed by atoms with Gasteiger partial charge in [-0.25, -0.2) is 0 Å². The molecule has 0 saturated carbocycles. The van der Waals surface area contributed by atoms with Crippen molar-refractivity contribution >= 4 is 33.0 Å². The van der Waals surface area contributed by atoms with Crippen LogP contribution in [-0.2, 0) is 12.0 Å². The summed E-state index contributed by atoms with van der Waals surface area (Å²) >= 11 is 5.43. The zero-order chi connectivity index (χ0) is 14.0. The summed E-state index contributed by atoms with van der Waals surface area (Å²) in [6.45, 7) is 9.77. The molecule has 0 bridgehead atoms. The van der Waals surface area contributed by atoms with Crippen molar-refractivity contribution < 1.29 is 0 Å². The number of hydrogen-bond acceptors (Lipinski definition) is 2. The molecule has 3 heteroatoms. The Kier molecular flexibility index (Phi) is 4.36. The molecule has 0 radical (unpaired) electrons. The lowest BCUT2D eigenvalue weighted by Crippen LogP contribution is -2.07. The third-order valence-electron chi connectivity index (χ3n) is 2.91. The van der Waals surface area contributed by atoms with Crippen LogP contribution in [0.2, 0.25) is 0 Å². The minimum atomic E-state index is 0.245. The van der Waals surface area contributed by atoms with Crippen LogP contribution in [0, 0.1) is 6.92 Å². The normalized spacial score (nSPS) is 11.6. The van der Waals surface area contributed by atoms with Crippen LogP contribution in [0.25, 0.3) is 0 Å². The van der Waals surface area contributed by atoms with Gasteiger partial charge in [0.05, 0.1) is 0 Å². The second kappa shape index (κ2) is 5.68. The maximum atomic E-state index is 3.53. The van der Waals surface area contributed by atoms with E-state index >= 15 is 0 Å². The van der Waals surface area contributed by atoms with Crippen LogP contribution in [0.15, 0.2) is 34.8 Å². The van der Waals surface area contributed by atoms with Crippen LogP contribution in [0.1, 0.15) is 36.1 Å². The summed E-state index contributed by atoms with van der Waals surface area (Å²) in [5, 5.41) is 3.49. The molecular weight excluding hydrogens is 318 g/mol. The smallest absolute Gasteiger partial charge is 0.0494 e. The molecule has 1 heterocycles. The van der Waals surface area contributed by atoms with Gasteiger partial charge in [0.2, 0.25) is 0 Å². The number of thiophene rings is 1. The van der Waals surface area contributed by atoms with Crippen molar-refractivity contribution in [1.82, 2.24) is 0 Å². The van der Waals surface area contributed by atoms with Gasteiger partial charge in [0.1, 0.15) is 0 Å². The fourth-order valence-electron chi connectivity index (χ4n) is 1.90. The Labute approximate surface area is 128 Å². The lowest BCUT2D eigenvalue weighted by atomic mass is 9.95. The van der Waals surface area contributed by atoms with E-state index in [-0.39, 0.29) is 5.41 Å². The van der Waals surface area contributed by atoms with Crippen LogP contribution in [0.4, 0.5) is 5.69 Å². The van der Waals surface area contributed by atoms with E-state index in [1.54, 1.807) is 0 Å². The topological polar surface area (TPSA) is 12.0 Å². The third-order valence-corrected chi connectivity index (χ3v) is 4.88. The minimum absolute atomic E-state index is 0.245. The van der Waals surface area contributed by atoms with Crippen molar-refractivity contribution in [1.29, 1.82) is 0 Å². The highest BCUT2D eigenvalue weighted by Gasteiger charge is 2.15.